The second-order valence-electron chi connectivity index (χ2n) is 5.99. The Morgan fingerprint density at radius 3 is 2.36 bits per heavy atom. The summed E-state index contributed by atoms with van der Waals surface area (Å²) in [6.45, 7) is 1.11. The smallest absolute Gasteiger partial charge is 0.129 e. The highest BCUT2D eigenvalue weighted by molar-refractivity contribution is 5.34. The molecule has 1 N–H and O–H groups in total. The quantitative estimate of drug-likeness (QED) is 0.920. The Morgan fingerprint density at radius 1 is 1.05 bits per heavy atom. The average Bonchev–Trinajstić information content (AvgIpc) is 2.51. The molecule has 0 bridgehead atoms. The second kappa shape index (κ2) is 5.78. The predicted molar refractivity (Wildman–Crippen MR) is 81.6 cm³/mol. The molecule has 1 aliphatic rings. The summed E-state index contributed by atoms with van der Waals surface area (Å²) in [5.41, 5.74) is -0.726. The minimum Gasteiger partial charge on any atom is -0.384 e. The van der Waals surface area contributed by atoms with Crippen molar-refractivity contribution in [3.8, 4) is 0 Å². The molecule has 1 heterocycles. The first-order valence-corrected chi connectivity index (χ1v) is 7.43. The molecule has 3 rings (SSSR count). The van der Waals surface area contributed by atoms with Gasteiger partial charge in [0, 0.05) is 24.6 Å². The number of likely N-dealkylation sites (N-methyl/N-ethyl adjacent to an activating group) is 1. The molecule has 0 spiro atoms. The van der Waals surface area contributed by atoms with Gasteiger partial charge in [-0.3, -0.25) is 0 Å². The van der Waals surface area contributed by atoms with E-state index in [1.807, 2.05) is 11.9 Å². The molecule has 22 heavy (non-hydrogen) atoms. The summed E-state index contributed by atoms with van der Waals surface area (Å²) in [7, 11) is 1.93. The third-order valence-electron chi connectivity index (χ3n) is 4.57. The number of nitrogens with zero attached hydrogens (tertiary/aromatic N) is 1. The molecule has 0 aliphatic carbocycles. The van der Waals surface area contributed by atoms with Crippen molar-refractivity contribution in [1.29, 1.82) is 0 Å². The lowest BCUT2D eigenvalue weighted by Crippen LogP contribution is -2.48. The van der Waals surface area contributed by atoms with Gasteiger partial charge >= 0.3 is 0 Å². The number of aliphatic hydroxyl groups is 1. The van der Waals surface area contributed by atoms with Crippen LogP contribution in [0.5, 0.6) is 0 Å². The van der Waals surface area contributed by atoms with Crippen LogP contribution in [0, 0.1) is 11.6 Å². The van der Waals surface area contributed by atoms with Gasteiger partial charge in [-0.25, -0.2) is 8.78 Å². The number of rotatable bonds is 2. The molecular weight excluding hydrogens is 284 g/mol. The summed E-state index contributed by atoms with van der Waals surface area (Å²) in [6.07, 6.45) is 0.365. The molecule has 0 saturated carbocycles. The number of halogens is 2. The predicted octanol–water partition coefficient (Wildman–Crippen LogP) is 3.27. The molecule has 0 aromatic heterocycles. The van der Waals surface area contributed by atoms with Crippen molar-refractivity contribution >= 4 is 0 Å². The van der Waals surface area contributed by atoms with Crippen molar-refractivity contribution in [2.45, 2.75) is 17.9 Å². The van der Waals surface area contributed by atoms with Crippen molar-refractivity contribution in [3.05, 3.63) is 71.3 Å². The molecule has 1 saturated heterocycles. The third kappa shape index (κ3) is 2.53. The highest BCUT2D eigenvalue weighted by Gasteiger charge is 2.45. The van der Waals surface area contributed by atoms with E-state index >= 15 is 0 Å². The van der Waals surface area contributed by atoms with Crippen LogP contribution in [0.25, 0.3) is 0 Å². The van der Waals surface area contributed by atoms with Crippen molar-refractivity contribution in [1.82, 2.24) is 4.90 Å². The molecular formula is C18H19F2NO. The Balaban J connectivity index is 2.12. The molecule has 116 valence electrons. The third-order valence-corrected chi connectivity index (χ3v) is 4.57. The van der Waals surface area contributed by atoms with E-state index in [0.717, 1.165) is 0 Å². The van der Waals surface area contributed by atoms with Gasteiger partial charge in [0.15, 0.2) is 0 Å². The molecule has 2 aromatic rings. The molecule has 0 amide bonds. The Hall–Kier alpha value is -1.78. The minimum absolute atomic E-state index is 0.247. The van der Waals surface area contributed by atoms with Crippen molar-refractivity contribution in [2.24, 2.45) is 0 Å². The van der Waals surface area contributed by atoms with Gasteiger partial charge in [0.1, 0.15) is 17.2 Å². The van der Waals surface area contributed by atoms with E-state index in [9.17, 15) is 13.9 Å². The van der Waals surface area contributed by atoms with Crippen LogP contribution in [-0.2, 0) is 5.60 Å². The molecule has 2 atom stereocenters. The first-order valence-electron chi connectivity index (χ1n) is 7.43. The highest BCUT2D eigenvalue weighted by atomic mass is 19.1. The number of hydrogen-bond donors (Lipinski definition) is 1. The Kier molecular flexibility index (Phi) is 3.98. The Morgan fingerprint density at radius 2 is 1.68 bits per heavy atom. The SMILES string of the molecule is CN1CC[C@](O)(c2ccccc2F)[C@@H](c2ccccc2F)C1. The lowest BCUT2D eigenvalue weighted by molar-refractivity contribution is -0.0453. The average molecular weight is 303 g/mol. The van der Waals surface area contributed by atoms with E-state index in [2.05, 4.69) is 0 Å². The molecule has 2 aromatic carbocycles. The van der Waals surface area contributed by atoms with Gasteiger partial charge in [-0.05, 0) is 31.2 Å². The molecule has 2 nitrogen and oxygen atoms in total. The van der Waals surface area contributed by atoms with Crippen LogP contribution in [0.4, 0.5) is 8.78 Å². The van der Waals surface area contributed by atoms with Crippen molar-refractivity contribution in [2.75, 3.05) is 20.1 Å². The molecule has 4 heteroatoms. The number of likely N-dealkylation sites (tertiary alicyclic amines) is 1. The summed E-state index contributed by atoms with van der Waals surface area (Å²) in [4.78, 5) is 2.03. The largest absolute Gasteiger partial charge is 0.384 e. The molecule has 0 radical (unpaired) electrons. The number of piperidine rings is 1. The van der Waals surface area contributed by atoms with Crippen LogP contribution in [0.1, 0.15) is 23.5 Å². The highest BCUT2D eigenvalue weighted by Crippen LogP contribution is 2.44. The van der Waals surface area contributed by atoms with Gasteiger partial charge < -0.3 is 10.0 Å². The first-order chi connectivity index (χ1) is 10.5. The van der Waals surface area contributed by atoms with Gasteiger partial charge in [0.25, 0.3) is 0 Å². The zero-order valence-electron chi connectivity index (χ0n) is 12.5. The van der Waals surface area contributed by atoms with Gasteiger partial charge in [-0.2, -0.15) is 0 Å². The van der Waals surface area contributed by atoms with E-state index in [4.69, 9.17) is 0 Å². The van der Waals surface area contributed by atoms with Gasteiger partial charge in [-0.15, -0.1) is 0 Å². The second-order valence-corrected chi connectivity index (χ2v) is 5.99. The number of hydrogen-bond acceptors (Lipinski definition) is 2. The van der Waals surface area contributed by atoms with Crippen molar-refractivity contribution < 1.29 is 13.9 Å². The minimum atomic E-state index is -1.40. The molecule has 1 fully saturated rings. The summed E-state index contributed by atoms with van der Waals surface area (Å²) < 4.78 is 28.5. The van der Waals surface area contributed by atoms with E-state index in [-0.39, 0.29) is 11.4 Å². The first kappa shape index (κ1) is 15.1. The van der Waals surface area contributed by atoms with Crippen LogP contribution in [-0.4, -0.2) is 30.1 Å². The number of benzene rings is 2. The fourth-order valence-electron chi connectivity index (χ4n) is 3.34. The summed E-state index contributed by atoms with van der Waals surface area (Å²) in [5.74, 6) is -1.32. The topological polar surface area (TPSA) is 23.5 Å². The summed E-state index contributed by atoms with van der Waals surface area (Å²) >= 11 is 0. The van der Waals surface area contributed by atoms with Crippen molar-refractivity contribution in [3.63, 3.8) is 0 Å². The maximum absolute atomic E-state index is 14.2. The van der Waals surface area contributed by atoms with Crippen LogP contribution >= 0.6 is 0 Å². The monoisotopic (exact) mass is 303 g/mol. The van der Waals surface area contributed by atoms with E-state index < -0.39 is 17.3 Å². The maximum Gasteiger partial charge on any atom is 0.129 e. The van der Waals surface area contributed by atoms with E-state index in [0.29, 0.717) is 25.1 Å². The van der Waals surface area contributed by atoms with E-state index in [1.54, 1.807) is 36.4 Å². The maximum atomic E-state index is 14.2. The van der Waals surface area contributed by atoms with Crippen LogP contribution in [0.15, 0.2) is 48.5 Å². The van der Waals surface area contributed by atoms with Crippen LogP contribution < -0.4 is 0 Å². The Bertz CT molecular complexity index is 676. The lowest BCUT2D eigenvalue weighted by atomic mass is 9.72. The lowest BCUT2D eigenvalue weighted by Gasteiger charge is -2.44. The zero-order chi connectivity index (χ0) is 15.7. The van der Waals surface area contributed by atoms with Gasteiger partial charge in [0.2, 0.25) is 0 Å². The van der Waals surface area contributed by atoms with E-state index in [1.165, 1.54) is 12.1 Å². The van der Waals surface area contributed by atoms with Crippen LogP contribution in [0.2, 0.25) is 0 Å². The normalized spacial score (nSPS) is 26.1. The standard InChI is InChI=1S/C18H19F2NO/c1-21-11-10-18(22,14-7-3-5-9-17(14)20)15(12-21)13-6-2-4-8-16(13)19/h2-9,15,22H,10-12H2,1H3/t15-,18+/m1/s1. The Labute approximate surface area is 129 Å². The molecule has 0 unspecified atom stereocenters. The molecule has 1 aliphatic heterocycles. The fourth-order valence-corrected chi connectivity index (χ4v) is 3.34. The van der Waals surface area contributed by atoms with Crippen LogP contribution in [0.3, 0.4) is 0 Å². The zero-order valence-corrected chi connectivity index (χ0v) is 12.5. The summed E-state index contributed by atoms with van der Waals surface area (Å²) in [5, 5.41) is 11.2. The summed E-state index contributed by atoms with van der Waals surface area (Å²) in [6, 6.07) is 12.6. The van der Waals surface area contributed by atoms with Gasteiger partial charge in [0.05, 0.1) is 0 Å². The fraction of sp³-hybridized carbons (Fsp3) is 0.333. The van der Waals surface area contributed by atoms with Gasteiger partial charge in [-0.1, -0.05) is 36.4 Å².